The van der Waals surface area contributed by atoms with Crippen molar-refractivity contribution >= 4 is 5.97 Å². The van der Waals surface area contributed by atoms with E-state index in [-0.39, 0.29) is 24.2 Å². The summed E-state index contributed by atoms with van der Waals surface area (Å²) < 4.78 is 5.76. The van der Waals surface area contributed by atoms with Crippen molar-refractivity contribution in [3.05, 3.63) is 0 Å². The normalized spacial score (nSPS) is 54.9. The Morgan fingerprint density at radius 3 is 2.71 bits per heavy atom. The van der Waals surface area contributed by atoms with Gasteiger partial charge in [0.25, 0.3) is 0 Å². The Balaban J connectivity index is 1.80. The zero-order valence-electron chi connectivity index (χ0n) is 7.93. The summed E-state index contributed by atoms with van der Waals surface area (Å²) in [4.78, 5) is 10.9. The number of carbonyl (C=O) groups is 1. The summed E-state index contributed by atoms with van der Waals surface area (Å²) >= 11 is 0. The predicted molar refractivity (Wildman–Crippen MR) is 48.6 cm³/mol. The standard InChI is InChI=1S/C10H15NO3/c11-7-3-8-5-1-4(10(12)13)2-6(5)9(7)14-8/h4-9H,1-3,11H2,(H,12,13). The first-order valence-corrected chi connectivity index (χ1v) is 5.30. The molecule has 0 aromatic carbocycles. The van der Waals surface area contributed by atoms with E-state index in [2.05, 4.69) is 0 Å². The van der Waals surface area contributed by atoms with E-state index in [1.165, 1.54) is 0 Å². The Hall–Kier alpha value is -0.610. The molecule has 0 spiro atoms. The van der Waals surface area contributed by atoms with E-state index >= 15 is 0 Å². The third-order valence-corrected chi connectivity index (χ3v) is 4.17. The van der Waals surface area contributed by atoms with Gasteiger partial charge in [0.15, 0.2) is 0 Å². The lowest BCUT2D eigenvalue weighted by molar-refractivity contribution is -0.141. The highest BCUT2D eigenvalue weighted by Crippen LogP contribution is 2.53. The SMILES string of the molecule is NC1CC2OC1C1CC(C(=O)O)CC21. The first-order valence-electron chi connectivity index (χ1n) is 5.30. The number of hydrogen-bond acceptors (Lipinski definition) is 3. The number of ether oxygens (including phenoxy) is 1. The minimum Gasteiger partial charge on any atom is -0.481 e. The molecule has 4 heteroatoms. The molecule has 3 aliphatic rings. The molecule has 2 saturated heterocycles. The summed E-state index contributed by atoms with van der Waals surface area (Å²) in [6.45, 7) is 0. The van der Waals surface area contributed by atoms with Gasteiger partial charge in [-0.25, -0.2) is 0 Å². The van der Waals surface area contributed by atoms with Crippen LogP contribution in [0.1, 0.15) is 19.3 Å². The van der Waals surface area contributed by atoms with Gasteiger partial charge in [0.1, 0.15) is 0 Å². The molecule has 2 bridgehead atoms. The fraction of sp³-hybridized carbons (Fsp3) is 0.900. The van der Waals surface area contributed by atoms with Crippen LogP contribution in [0.5, 0.6) is 0 Å². The number of carboxylic acids is 1. The van der Waals surface area contributed by atoms with Crippen molar-refractivity contribution in [2.24, 2.45) is 23.5 Å². The molecule has 6 atom stereocenters. The summed E-state index contributed by atoms with van der Waals surface area (Å²) in [6, 6.07) is 0.147. The number of rotatable bonds is 1. The average Bonchev–Trinajstić information content (AvgIpc) is 2.70. The lowest BCUT2D eigenvalue weighted by atomic mass is 9.79. The van der Waals surface area contributed by atoms with Crippen LogP contribution in [0, 0.1) is 17.8 Å². The quantitative estimate of drug-likeness (QED) is 0.630. The molecule has 14 heavy (non-hydrogen) atoms. The third kappa shape index (κ3) is 0.982. The molecule has 0 radical (unpaired) electrons. The van der Waals surface area contributed by atoms with Crippen molar-refractivity contribution in [1.82, 2.24) is 0 Å². The maximum Gasteiger partial charge on any atom is 0.306 e. The zero-order valence-corrected chi connectivity index (χ0v) is 7.93. The van der Waals surface area contributed by atoms with E-state index in [1.54, 1.807) is 0 Å². The molecule has 0 aromatic rings. The topological polar surface area (TPSA) is 72.5 Å². The molecular weight excluding hydrogens is 182 g/mol. The van der Waals surface area contributed by atoms with E-state index in [1.807, 2.05) is 0 Å². The maximum atomic E-state index is 10.9. The van der Waals surface area contributed by atoms with Crippen molar-refractivity contribution in [2.45, 2.75) is 37.5 Å². The molecule has 3 fully saturated rings. The minimum absolute atomic E-state index is 0.147. The summed E-state index contributed by atoms with van der Waals surface area (Å²) in [7, 11) is 0. The van der Waals surface area contributed by atoms with Crippen molar-refractivity contribution in [1.29, 1.82) is 0 Å². The first-order chi connectivity index (χ1) is 6.66. The van der Waals surface area contributed by atoms with Gasteiger partial charge >= 0.3 is 5.97 Å². The van der Waals surface area contributed by atoms with Gasteiger partial charge in [0.05, 0.1) is 18.1 Å². The van der Waals surface area contributed by atoms with E-state index in [4.69, 9.17) is 15.6 Å². The van der Waals surface area contributed by atoms with Gasteiger partial charge in [0, 0.05) is 6.04 Å². The summed E-state index contributed by atoms with van der Waals surface area (Å²) in [5.41, 5.74) is 5.93. The molecule has 3 N–H and O–H groups in total. The smallest absolute Gasteiger partial charge is 0.306 e. The second kappa shape index (κ2) is 2.70. The fourth-order valence-corrected chi connectivity index (χ4v) is 3.56. The largest absolute Gasteiger partial charge is 0.481 e. The molecule has 2 aliphatic heterocycles. The monoisotopic (exact) mass is 197 g/mol. The van der Waals surface area contributed by atoms with Gasteiger partial charge in [-0.05, 0) is 31.1 Å². The second-order valence-electron chi connectivity index (χ2n) is 4.87. The van der Waals surface area contributed by atoms with Crippen LogP contribution in [-0.2, 0) is 9.53 Å². The van der Waals surface area contributed by atoms with Crippen LogP contribution < -0.4 is 5.73 Å². The number of nitrogens with two attached hydrogens (primary N) is 1. The summed E-state index contributed by atoms with van der Waals surface area (Å²) in [5, 5.41) is 8.96. The number of carboxylic acid groups (broad SMARTS) is 1. The van der Waals surface area contributed by atoms with Gasteiger partial charge in [-0.3, -0.25) is 4.79 Å². The molecule has 4 nitrogen and oxygen atoms in total. The number of fused-ring (bicyclic) bond motifs is 5. The van der Waals surface area contributed by atoms with Gasteiger partial charge < -0.3 is 15.6 Å². The number of aliphatic carboxylic acids is 1. The molecule has 1 aliphatic carbocycles. The van der Waals surface area contributed by atoms with Crippen molar-refractivity contribution in [3.63, 3.8) is 0 Å². The third-order valence-electron chi connectivity index (χ3n) is 4.17. The van der Waals surface area contributed by atoms with Crippen molar-refractivity contribution in [2.75, 3.05) is 0 Å². The zero-order chi connectivity index (χ0) is 9.87. The molecule has 78 valence electrons. The molecule has 1 saturated carbocycles. The summed E-state index contributed by atoms with van der Waals surface area (Å²) in [6.07, 6.45) is 2.90. The minimum atomic E-state index is -0.646. The van der Waals surface area contributed by atoms with Crippen LogP contribution in [0.3, 0.4) is 0 Å². The highest BCUT2D eigenvalue weighted by Gasteiger charge is 2.57. The Morgan fingerprint density at radius 1 is 1.29 bits per heavy atom. The molecule has 3 rings (SSSR count). The number of hydrogen-bond donors (Lipinski definition) is 2. The lowest BCUT2D eigenvalue weighted by Crippen LogP contribution is -2.39. The van der Waals surface area contributed by atoms with Crippen LogP contribution in [0.2, 0.25) is 0 Å². The van der Waals surface area contributed by atoms with Gasteiger partial charge in [-0.2, -0.15) is 0 Å². The van der Waals surface area contributed by atoms with Gasteiger partial charge in [-0.15, -0.1) is 0 Å². The molecule has 0 aromatic heterocycles. The van der Waals surface area contributed by atoms with E-state index in [0.29, 0.717) is 11.8 Å². The molecular formula is C10H15NO3. The first kappa shape index (κ1) is 8.68. The Morgan fingerprint density at radius 2 is 2.00 bits per heavy atom. The van der Waals surface area contributed by atoms with Crippen molar-refractivity contribution in [3.8, 4) is 0 Å². The van der Waals surface area contributed by atoms with Gasteiger partial charge in [-0.1, -0.05) is 0 Å². The Labute approximate surface area is 82.4 Å². The van der Waals surface area contributed by atoms with E-state index in [9.17, 15) is 4.79 Å². The van der Waals surface area contributed by atoms with Crippen LogP contribution in [0.15, 0.2) is 0 Å². The van der Waals surface area contributed by atoms with E-state index < -0.39 is 5.97 Å². The highest BCUT2D eigenvalue weighted by molar-refractivity contribution is 5.70. The average molecular weight is 197 g/mol. The van der Waals surface area contributed by atoms with Crippen molar-refractivity contribution < 1.29 is 14.6 Å². The van der Waals surface area contributed by atoms with Gasteiger partial charge in [0.2, 0.25) is 0 Å². The summed E-state index contributed by atoms with van der Waals surface area (Å²) in [5.74, 6) is 0.0994. The van der Waals surface area contributed by atoms with E-state index in [0.717, 1.165) is 19.3 Å². The van der Waals surface area contributed by atoms with Crippen LogP contribution in [0.25, 0.3) is 0 Å². The lowest BCUT2D eigenvalue weighted by Gasteiger charge is -2.24. The Bertz CT molecular complexity index is 281. The predicted octanol–water partition coefficient (Wildman–Crippen LogP) is 0.212. The van der Waals surface area contributed by atoms with Crippen LogP contribution in [-0.4, -0.2) is 29.3 Å². The maximum absolute atomic E-state index is 10.9. The highest BCUT2D eigenvalue weighted by atomic mass is 16.5. The molecule has 0 amide bonds. The van der Waals surface area contributed by atoms with Crippen LogP contribution in [0.4, 0.5) is 0 Å². The van der Waals surface area contributed by atoms with Crippen LogP contribution >= 0.6 is 0 Å². The molecule has 6 unspecified atom stereocenters. The second-order valence-corrected chi connectivity index (χ2v) is 4.87. The fourth-order valence-electron chi connectivity index (χ4n) is 3.56. The Kier molecular flexibility index (Phi) is 1.67. The molecule has 2 heterocycles.